The van der Waals surface area contributed by atoms with Crippen molar-refractivity contribution in [3.8, 4) is 0 Å². The molecule has 0 aromatic carbocycles. The van der Waals surface area contributed by atoms with Crippen molar-refractivity contribution in [2.75, 3.05) is 39.4 Å². The van der Waals surface area contributed by atoms with Crippen LogP contribution in [0.4, 0.5) is 0 Å². The largest absolute Gasteiger partial charge is 0.381 e. The highest BCUT2D eigenvalue weighted by atomic mass is 16.5. The summed E-state index contributed by atoms with van der Waals surface area (Å²) in [5.41, 5.74) is 0.378. The Bertz CT molecular complexity index is 243. The van der Waals surface area contributed by atoms with Gasteiger partial charge in [-0.05, 0) is 18.3 Å². The van der Waals surface area contributed by atoms with Gasteiger partial charge in [-0.15, -0.1) is 0 Å². The molecule has 0 unspecified atom stereocenters. The second-order valence-corrected chi connectivity index (χ2v) is 6.27. The summed E-state index contributed by atoms with van der Waals surface area (Å²) in [7, 11) is 0. The van der Waals surface area contributed by atoms with Crippen molar-refractivity contribution in [2.45, 2.75) is 40.0 Å². The van der Waals surface area contributed by atoms with Gasteiger partial charge in [-0.1, -0.05) is 20.8 Å². The summed E-state index contributed by atoms with van der Waals surface area (Å²) in [6.07, 6.45) is 2.79. The predicted octanol–water partition coefficient (Wildman–Crippen LogP) is 0.625. The van der Waals surface area contributed by atoms with Gasteiger partial charge in [0.2, 0.25) is 5.91 Å². The zero-order chi connectivity index (χ0) is 13.4. The third-order valence-corrected chi connectivity index (χ3v) is 3.23. The lowest BCUT2D eigenvalue weighted by Gasteiger charge is -2.25. The number of piperazine rings is 1. The van der Waals surface area contributed by atoms with Crippen molar-refractivity contribution >= 4 is 5.91 Å². The van der Waals surface area contributed by atoms with E-state index in [1.807, 2.05) is 4.90 Å². The number of carbonyl (C=O) groups excluding carboxylic acids is 1. The molecular formula is C14H29N2O2+. The molecule has 1 aliphatic heterocycles. The molecule has 1 aliphatic rings. The van der Waals surface area contributed by atoms with Crippen LogP contribution in [0.15, 0.2) is 0 Å². The quantitative estimate of drug-likeness (QED) is 0.709. The first-order chi connectivity index (χ1) is 8.49. The molecule has 1 saturated heterocycles. The van der Waals surface area contributed by atoms with Crippen LogP contribution >= 0.6 is 0 Å². The molecule has 0 aliphatic carbocycles. The van der Waals surface area contributed by atoms with Crippen LogP contribution in [0.5, 0.6) is 0 Å². The van der Waals surface area contributed by atoms with Gasteiger partial charge in [0.1, 0.15) is 0 Å². The normalized spacial score (nSPS) is 16.9. The van der Waals surface area contributed by atoms with Crippen LogP contribution in [0.2, 0.25) is 0 Å². The van der Waals surface area contributed by atoms with Gasteiger partial charge >= 0.3 is 0 Å². The SMILES string of the molecule is CC(C)(C)CCCOCCC(=O)N1CC[NH2+]CC1. The summed E-state index contributed by atoms with van der Waals surface area (Å²) in [6, 6.07) is 0. The highest BCUT2D eigenvalue weighted by molar-refractivity contribution is 5.76. The molecule has 0 spiro atoms. The van der Waals surface area contributed by atoms with E-state index in [0.29, 0.717) is 18.4 Å². The minimum absolute atomic E-state index is 0.249. The molecule has 0 aromatic heterocycles. The van der Waals surface area contributed by atoms with Crippen molar-refractivity contribution < 1.29 is 14.8 Å². The van der Waals surface area contributed by atoms with Gasteiger partial charge in [-0.3, -0.25) is 4.79 Å². The standard InChI is InChI=1S/C14H28N2O2/c1-14(2,3)6-4-11-18-12-5-13(17)16-9-7-15-8-10-16/h15H,4-12H2,1-3H3/p+1. The zero-order valence-electron chi connectivity index (χ0n) is 12.2. The molecular weight excluding hydrogens is 228 g/mol. The number of ether oxygens (including phenoxy) is 1. The topological polar surface area (TPSA) is 46.1 Å². The molecule has 0 radical (unpaired) electrons. The van der Waals surface area contributed by atoms with Gasteiger partial charge in [-0.25, -0.2) is 0 Å². The molecule has 106 valence electrons. The number of nitrogens with zero attached hydrogens (tertiary/aromatic N) is 1. The summed E-state index contributed by atoms with van der Waals surface area (Å²) in [5, 5.41) is 2.26. The minimum atomic E-state index is 0.249. The predicted molar refractivity (Wildman–Crippen MR) is 72.4 cm³/mol. The van der Waals surface area contributed by atoms with E-state index in [2.05, 4.69) is 26.1 Å². The molecule has 1 amide bonds. The average molecular weight is 257 g/mol. The fraction of sp³-hybridized carbons (Fsp3) is 0.929. The molecule has 0 aromatic rings. The van der Waals surface area contributed by atoms with Crippen LogP contribution in [0.25, 0.3) is 0 Å². The number of rotatable bonds is 6. The third-order valence-electron chi connectivity index (χ3n) is 3.23. The highest BCUT2D eigenvalue weighted by Crippen LogP contribution is 2.20. The van der Waals surface area contributed by atoms with Crippen molar-refractivity contribution in [1.29, 1.82) is 0 Å². The molecule has 0 bridgehead atoms. The number of nitrogens with two attached hydrogens (primary N) is 1. The fourth-order valence-corrected chi connectivity index (χ4v) is 2.12. The smallest absolute Gasteiger partial charge is 0.225 e. The molecule has 0 atom stereocenters. The first-order valence-corrected chi connectivity index (χ1v) is 7.16. The van der Waals surface area contributed by atoms with E-state index in [-0.39, 0.29) is 5.91 Å². The van der Waals surface area contributed by atoms with E-state index in [9.17, 15) is 4.79 Å². The van der Waals surface area contributed by atoms with Crippen LogP contribution in [-0.2, 0) is 9.53 Å². The van der Waals surface area contributed by atoms with Crippen LogP contribution in [-0.4, -0.2) is 50.2 Å². The van der Waals surface area contributed by atoms with E-state index < -0.39 is 0 Å². The maximum Gasteiger partial charge on any atom is 0.225 e. The molecule has 2 N–H and O–H groups in total. The van der Waals surface area contributed by atoms with E-state index >= 15 is 0 Å². The van der Waals surface area contributed by atoms with E-state index in [4.69, 9.17) is 4.74 Å². The first-order valence-electron chi connectivity index (χ1n) is 7.16. The maximum absolute atomic E-state index is 11.8. The maximum atomic E-state index is 11.8. The Morgan fingerprint density at radius 2 is 1.89 bits per heavy atom. The number of hydrogen-bond acceptors (Lipinski definition) is 2. The van der Waals surface area contributed by atoms with Crippen molar-refractivity contribution in [1.82, 2.24) is 4.90 Å². The lowest BCUT2D eigenvalue weighted by atomic mass is 9.91. The summed E-state index contributed by atoms with van der Waals surface area (Å²) < 4.78 is 5.54. The van der Waals surface area contributed by atoms with E-state index in [1.54, 1.807) is 0 Å². The van der Waals surface area contributed by atoms with Gasteiger partial charge in [0.25, 0.3) is 0 Å². The van der Waals surface area contributed by atoms with Gasteiger partial charge in [0, 0.05) is 6.61 Å². The van der Waals surface area contributed by atoms with Gasteiger partial charge in [0.15, 0.2) is 0 Å². The summed E-state index contributed by atoms with van der Waals surface area (Å²) in [6.45, 7) is 11.9. The van der Waals surface area contributed by atoms with Crippen molar-refractivity contribution in [3.63, 3.8) is 0 Å². The highest BCUT2D eigenvalue weighted by Gasteiger charge is 2.17. The molecule has 1 rings (SSSR count). The summed E-state index contributed by atoms with van der Waals surface area (Å²) in [5.74, 6) is 0.249. The van der Waals surface area contributed by atoms with E-state index in [1.165, 1.54) is 6.42 Å². The third kappa shape index (κ3) is 6.97. The lowest BCUT2D eigenvalue weighted by molar-refractivity contribution is -0.662. The Morgan fingerprint density at radius 1 is 1.22 bits per heavy atom. The Hall–Kier alpha value is -0.610. The zero-order valence-corrected chi connectivity index (χ0v) is 12.2. The Labute approximate surface area is 111 Å². The lowest BCUT2D eigenvalue weighted by Crippen LogP contribution is -2.89. The van der Waals surface area contributed by atoms with Gasteiger partial charge in [-0.2, -0.15) is 0 Å². The van der Waals surface area contributed by atoms with Crippen LogP contribution in [0.1, 0.15) is 40.0 Å². The Morgan fingerprint density at radius 3 is 2.50 bits per heavy atom. The Kier molecular flexibility index (Phi) is 6.65. The second-order valence-electron chi connectivity index (χ2n) is 6.27. The van der Waals surface area contributed by atoms with E-state index in [0.717, 1.165) is 39.2 Å². The molecule has 1 heterocycles. The number of amides is 1. The minimum Gasteiger partial charge on any atom is -0.381 e. The van der Waals surface area contributed by atoms with Crippen LogP contribution < -0.4 is 5.32 Å². The molecule has 18 heavy (non-hydrogen) atoms. The summed E-state index contributed by atoms with van der Waals surface area (Å²) in [4.78, 5) is 13.8. The second kappa shape index (κ2) is 7.74. The number of carbonyl (C=O) groups is 1. The average Bonchev–Trinajstić information content (AvgIpc) is 2.33. The molecule has 1 fully saturated rings. The molecule has 4 heteroatoms. The van der Waals surface area contributed by atoms with Gasteiger partial charge < -0.3 is 15.0 Å². The van der Waals surface area contributed by atoms with Crippen LogP contribution in [0.3, 0.4) is 0 Å². The fourth-order valence-electron chi connectivity index (χ4n) is 2.12. The monoisotopic (exact) mass is 257 g/mol. The number of hydrogen-bond donors (Lipinski definition) is 1. The van der Waals surface area contributed by atoms with Crippen molar-refractivity contribution in [2.24, 2.45) is 5.41 Å². The first kappa shape index (κ1) is 15.4. The number of quaternary nitrogens is 1. The van der Waals surface area contributed by atoms with Crippen LogP contribution in [0, 0.1) is 5.41 Å². The van der Waals surface area contributed by atoms with Gasteiger partial charge in [0.05, 0.1) is 39.2 Å². The summed E-state index contributed by atoms with van der Waals surface area (Å²) >= 11 is 0. The van der Waals surface area contributed by atoms with Crippen molar-refractivity contribution in [3.05, 3.63) is 0 Å². The Balaban J connectivity index is 1.98. The molecule has 0 saturated carbocycles. The molecule has 4 nitrogen and oxygen atoms in total.